The van der Waals surface area contributed by atoms with Gasteiger partial charge in [0.25, 0.3) is 0 Å². The van der Waals surface area contributed by atoms with Crippen molar-refractivity contribution in [3.05, 3.63) is 0 Å². The Morgan fingerprint density at radius 2 is 2.06 bits per heavy atom. The predicted octanol–water partition coefficient (Wildman–Crippen LogP) is 2.87. The Balaban J connectivity index is 1.57. The van der Waals surface area contributed by atoms with Crippen LogP contribution in [0.1, 0.15) is 39.0 Å². The molecule has 0 aromatic heterocycles. The van der Waals surface area contributed by atoms with Crippen LogP contribution >= 0.6 is 0 Å². The maximum Gasteiger partial charge on any atom is 0.312 e. The number of hydrogen-bond donors (Lipinski definition) is 0. The summed E-state index contributed by atoms with van der Waals surface area (Å²) >= 11 is 0. The van der Waals surface area contributed by atoms with E-state index in [-0.39, 0.29) is 11.4 Å². The van der Waals surface area contributed by atoms with Crippen molar-refractivity contribution in [3.63, 3.8) is 0 Å². The summed E-state index contributed by atoms with van der Waals surface area (Å²) in [5.41, 5.74) is -0.0178. The van der Waals surface area contributed by atoms with Crippen LogP contribution in [0.5, 0.6) is 0 Å². The summed E-state index contributed by atoms with van der Waals surface area (Å²) in [6.07, 6.45) is 6.52. The van der Waals surface area contributed by atoms with Crippen LogP contribution in [0.2, 0.25) is 0 Å². The minimum absolute atomic E-state index is 0.0178. The molecule has 1 spiro atoms. The molecule has 7 unspecified atom stereocenters. The van der Waals surface area contributed by atoms with Gasteiger partial charge in [-0.2, -0.15) is 0 Å². The molecule has 1 aliphatic heterocycles. The first kappa shape index (κ1) is 10.3. The largest absolute Gasteiger partial charge is 0.465 e. The van der Waals surface area contributed by atoms with Gasteiger partial charge in [0.15, 0.2) is 0 Å². The second-order valence-electron chi connectivity index (χ2n) is 7.88. The fraction of sp³-hybridized carbons (Fsp3) is 0.938. The SMILES string of the molecule is CC1C[C@H]2CC1C1C2C2CC1C1(CCOC1=O)C2. The van der Waals surface area contributed by atoms with Crippen molar-refractivity contribution in [1.82, 2.24) is 0 Å². The highest BCUT2D eigenvalue weighted by Crippen LogP contribution is 2.74. The van der Waals surface area contributed by atoms with Gasteiger partial charge in [-0.15, -0.1) is 0 Å². The molecule has 1 heterocycles. The molecule has 4 saturated carbocycles. The van der Waals surface area contributed by atoms with Gasteiger partial charge in [-0.05, 0) is 73.5 Å². The van der Waals surface area contributed by atoms with E-state index in [1.54, 1.807) is 0 Å². The van der Waals surface area contributed by atoms with Gasteiger partial charge < -0.3 is 4.74 Å². The van der Waals surface area contributed by atoms with Crippen molar-refractivity contribution in [3.8, 4) is 0 Å². The Kier molecular flexibility index (Phi) is 1.69. The number of rotatable bonds is 0. The van der Waals surface area contributed by atoms with Crippen molar-refractivity contribution in [2.45, 2.75) is 39.0 Å². The van der Waals surface area contributed by atoms with Crippen molar-refractivity contribution in [1.29, 1.82) is 0 Å². The van der Waals surface area contributed by atoms with Gasteiger partial charge in [-0.3, -0.25) is 4.79 Å². The van der Waals surface area contributed by atoms with E-state index in [1.165, 1.54) is 25.7 Å². The number of carbonyl (C=O) groups excluding carboxylic acids is 1. The maximum absolute atomic E-state index is 12.2. The first-order valence-electron chi connectivity index (χ1n) is 7.88. The topological polar surface area (TPSA) is 26.3 Å². The highest BCUT2D eigenvalue weighted by Gasteiger charge is 2.71. The molecule has 0 radical (unpaired) electrons. The average Bonchev–Trinajstić information content (AvgIpc) is 3.05. The summed E-state index contributed by atoms with van der Waals surface area (Å²) in [6.45, 7) is 3.15. The van der Waals surface area contributed by atoms with Crippen LogP contribution in [0.4, 0.5) is 0 Å². The number of fused-ring (bicyclic) bond motifs is 10. The maximum atomic E-state index is 12.2. The molecule has 0 amide bonds. The summed E-state index contributed by atoms with van der Waals surface area (Å²) in [6, 6.07) is 0. The monoisotopic (exact) mass is 246 g/mol. The van der Waals surface area contributed by atoms with Gasteiger partial charge in [-0.1, -0.05) is 6.92 Å². The van der Waals surface area contributed by atoms with Crippen LogP contribution in [-0.4, -0.2) is 12.6 Å². The minimum atomic E-state index is -0.0178. The van der Waals surface area contributed by atoms with Crippen molar-refractivity contribution in [2.75, 3.05) is 6.61 Å². The van der Waals surface area contributed by atoms with E-state index in [4.69, 9.17) is 4.74 Å². The Hall–Kier alpha value is -0.530. The molecule has 0 aromatic rings. The van der Waals surface area contributed by atoms with Gasteiger partial charge in [-0.25, -0.2) is 0 Å². The van der Waals surface area contributed by atoms with Gasteiger partial charge >= 0.3 is 5.97 Å². The lowest BCUT2D eigenvalue weighted by atomic mass is 9.59. The zero-order valence-electron chi connectivity index (χ0n) is 11.1. The third-order valence-electron chi connectivity index (χ3n) is 7.55. The van der Waals surface area contributed by atoms with E-state index in [0.29, 0.717) is 12.5 Å². The zero-order chi connectivity index (χ0) is 12.1. The summed E-state index contributed by atoms with van der Waals surface area (Å²) in [5, 5.41) is 0. The van der Waals surface area contributed by atoms with Crippen molar-refractivity contribution in [2.24, 2.45) is 46.8 Å². The number of carbonyl (C=O) groups is 1. The highest BCUT2D eigenvalue weighted by atomic mass is 16.5. The molecule has 0 N–H and O–H groups in total. The van der Waals surface area contributed by atoms with Crippen molar-refractivity contribution < 1.29 is 9.53 Å². The quantitative estimate of drug-likeness (QED) is 0.485. The zero-order valence-corrected chi connectivity index (χ0v) is 11.1. The first-order valence-corrected chi connectivity index (χ1v) is 7.88. The van der Waals surface area contributed by atoms with Crippen molar-refractivity contribution >= 4 is 5.97 Å². The molecule has 1 saturated heterocycles. The summed E-state index contributed by atoms with van der Waals surface area (Å²) in [7, 11) is 0. The molecule has 0 aromatic carbocycles. The predicted molar refractivity (Wildman–Crippen MR) is 66.6 cm³/mol. The number of esters is 1. The molecular weight excluding hydrogens is 224 g/mol. The van der Waals surface area contributed by atoms with E-state index in [0.717, 1.165) is 41.9 Å². The molecule has 2 nitrogen and oxygen atoms in total. The summed E-state index contributed by atoms with van der Waals surface area (Å²) in [5.74, 6) is 6.50. The van der Waals surface area contributed by atoms with Gasteiger partial charge in [0.1, 0.15) is 0 Å². The molecule has 8 atom stereocenters. The first-order chi connectivity index (χ1) is 8.71. The van der Waals surface area contributed by atoms with Crippen LogP contribution in [0.25, 0.3) is 0 Å². The Morgan fingerprint density at radius 3 is 2.83 bits per heavy atom. The van der Waals surface area contributed by atoms with Gasteiger partial charge in [0.2, 0.25) is 0 Å². The van der Waals surface area contributed by atoms with Crippen LogP contribution in [0, 0.1) is 46.8 Å². The molecular formula is C16H22O2. The van der Waals surface area contributed by atoms with Crippen LogP contribution in [-0.2, 0) is 9.53 Å². The molecule has 5 rings (SSSR count). The normalized spacial score (nSPS) is 63.8. The highest BCUT2D eigenvalue weighted by molar-refractivity contribution is 5.80. The molecule has 5 fully saturated rings. The average molecular weight is 246 g/mol. The standard InChI is InChI=1S/C16H22O2/c1-8-4-9-5-11(8)14-12-6-10(13(9)14)7-16(12)2-3-18-15(16)17/h8-14H,2-7H2,1H3/t8?,9-,10?,11?,12?,13?,14?,16?/m0/s1. The summed E-state index contributed by atoms with van der Waals surface area (Å²) < 4.78 is 5.36. The Labute approximate surface area is 108 Å². The molecule has 98 valence electrons. The molecule has 4 aliphatic carbocycles. The Bertz CT molecular complexity index is 431. The van der Waals surface area contributed by atoms with Crippen LogP contribution < -0.4 is 0 Å². The van der Waals surface area contributed by atoms with Gasteiger partial charge in [0.05, 0.1) is 12.0 Å². The van der Waals surface area contributed by atoms with E-state index in [1.807, 2.05) is 0 Å². The third kappa shape index (κ3) is 0.916. The van der Waals surface area contributed by atoms with Crippen LogP contribution in [0.3, 0.4) is 0 Å². The lowest BCUT2D eigenvalue weighted by Crippen LogP contribution is -2.43. The molecule has 2 heteroatoms. The fourth-order valence-electron chi connectivity index (χ4n) is 7.21. The second-order valence-corrected chi connectivity index (χ2v) is 7.88. The number of cyclic esters (lactones) is 1. The van der Waals surface area contributed by atoms with E-state index in [9.17, 15) is 4.79 Å². The van der Waals surface area contributed by atoms with Gasteiger partial charge in [0, 0.05) is 0 Å². The molecule has 18 heavy (non-hydrogen) atoms. The smallest absolute Gasteiger partial charge is 0.312 e. The Morgan fingerprint density at radius 1 is 1.17 bits per heavy atom. The van der Waals surface area contributed by atoms with Crippen LogP contribution in [0.15, 0.2) is 0 Å². The number of ether oxygens (including phenoxy) is 1. The minimum Gasteiger partial charge on any atom is -0.465 e. The molecule has 5 aliphatic rings. The molecule has 4 bridgehead atoms. The summed E-state index contributed by atoms with van der Waals surface area (Å²) in [4.78, 5) is 12.2. The number of hydrogen-bond acceptors (Lipinski definition) is 2. The fourth-order valence-corrected chi connectivity index (χ4v) is 7.21. The second kappa shape index (κ2) is 2.96. The lowest BCUT2D eigenvalue weighted by molar-refractivity contribution is -0.151. The third-order valence-corrected chi connectivity index (χ3v) is 7.55. The lowest BCUT2D eigenvalue weighted by Gasteiger charge is -2.44. The van der Waals surface area contributed by atoms with E-state index >= 15 is 0 Å². The van der Waals surface area contributed by atoms with E-state index in [2.05, 4.69) is 6.92 Å². The van der Waals surface area contributed by atoms with E-state index < -0.39 is 0 Å².